The van der Waals surface area contributed by atoms with Crippen LogP contribution in [0.5, 0.6) is 0 Å². The maximum absolute atomic E-state index is 10.6. The first-order valence-corrected chi connectivity index (χ1v) is 4.43. The minimum absolute atomic E-state index is 0.408. The normalized spacial score (nSPS) is 31.2. The van der Waals surface area contributed by atoms with Crippen molar-refractivity contribution in [1.82, 2.24) is 4.90 Å². The van der Waals surface area contributed by atoms with Crippen molar-refractivity contribution in [2.75, 3.05) is 32.9 Å². The van der Waals surface area contributed by atoms with Gasteiger partial charge in [-0.2, -0.15) is 0 Å². The van der Waals surface area contributed by atoms with Gasteiger partial charge >= 0.3 is 5.97 Å². The number of rotatable bonds is 2. The molecule has 0 aliphatic carbocycles. The molecule has 0 bridgehead atoms. The Bertz CT molecular complexity index is 204. The smallest absolute Gasteiger partial charge is 0.334 e. The largest absolute Gasteiger partial charge is 0.479 e. The molecular weight excluding hydrogens is 174 g/mol. The van der Waals surface area contributed by atoms with Crippen LogP contribution in [-0.4, -0.2) is 61.0 Å². The lowest BCUT2D eigenvalue weighted by atomic mass is 10.1. The fourth-order valence-corrected chi connectivity index (χ4v) is 1.58. The molecule has 13 heavy (non-hydrogen) atoms. The summed E-state index contributed by atoms with van der Waals surface area (Å²) in [5.41, 5.74) is 0. The lowest BCUT2D eigenvalue weighted by Gasteiger charge is -2.40. The van der Waals surface area contributed by atoms with E-state index >= 15 is 0 Å². The van der Waals surface area contributed by atoms with E-state index in [1.54, 1.807) is 0 Å². The van der Waals surface area contributed by atoms with Crippen molar-refractivity contribution in [1.29, 1.82) is 0 Å². The van der Waals surface area contributed by atoms with Gasteiger partial charge in [0.05, 0.1) is 25.9 Å². The Hall–Kier alpha value is -0.650. The SMILES string of the molecule is O=C(O)C1CN(C2COC2)CCO1. The molecule has 0 saturated carbocycles. The molecular formula is C8H13NO4. The van der Waals surface area contributed by atoms with Crippen molar-refractivity contribution in [3.05, 3.63) is 0 Å². The summed E-state index contributed by atoms with van der Waals surface area (Å²) >= 11 is 0. The van der Waals surface area contributed by atoms with Gasteiger partial charge in [-0.25, -0.2) is 4.79 Å². The Balaban J connectivity index is 1.87. The molecule has 74 valence electrons. The first-order valence-electron chi connectivity index (χ1n) is 4.43. The Morgan fingerprint density at radius 2 is 2.23 bits per heavy atom. The molecule has 2 aliphatic rings. The third-order valence-electron chi connectivity index (χ3n) is 2.51. The molecule has 2 rings (SSSR count). The van der Waals surface area contributed by atoms with E-state index in [0.717, 1.165) is 19.8 Å². The highest BCUT2D eigenvalue weighted by molar-refractivity contribution is 5.72. The Morgan fingerprint density at radius 1 is 1.46 bits per heavy atom. The molecule has 2 aliphatic heterocycles. The van der Waals surface area contributed by atoms with E-state index in [-0.39, 0.29) is 0 Å². The van der Waals surface area contributed by atoms with Gasteiger partial charge < -0.3 is 14.6 Å². The minimum Gasteiger partial charge on any atom is -0.479 e. The number of hydrogen-bond donors (Lipinski definition) is 1. The molecule has 0 amide bonds. The van der Waals surface area contributed by atoms with Crippen molar-refractivity contribution in [3.63, 3.8) is 0 Å². The summed E-state index contributed by atoms with van der Waals surface area (Å²) < 4.78 is 10.2. The van der Waals surface area contributed by atoms with Crippen LogP contribution in [0.4, 0.5) is 0 Å². The zero-order valence-corrected chi connectivity index (χ0v) is 7.31. The third-order valence-corrected chi connectivity index (χ3v) is 2.51. The van der Waals surface area contributed by atoms with Gasteiger partial charge in [-0.15, -0.1) is 0 Å². The van der Waals surface area contributed by atoms with Gasteiger partial charge in [0, 0.05) is 13.1 Å². The van der Waals surface area contributed by atoms with E-state index in [2.05, 4.69) is 4.90 Å². The van der Waals surface area contributed by atoms with Gasteiger partial charge in [0.15, 0.2) is 6.10 Å². The lowest BCUT2D eigenvalue weighted by Crippen LogP contribution is -2.56. The molecule has 2 saturated heterocycles. The van der Waals surface area contributed by atoms with Crippen molar-refractivity contribution in [2.45, 2.75) is 12.1 Å². The fraction of sp³-hybridized carbons (Fsp3) is 0.875. The summed E-state index contributed by atoms with van der Waals surface area (Å²) in [6, 6.07) is 0.408. The summed E-state index contributed by atoms with van der Waals surface area (Å²) in [6.45, 7) is 3.27. The zero-order valence-electron chi connectivity index (χ0n) is 7.31. The summed E-state index contributed by atoms with van der Waals surface area (Å²) in [4.78, 5) is 12.8. The topological polar surface area (TPSA) is 59.0 Å². The van der Waals surface area contributed by atoms with Gasteiger partial charge in [-0.05, 0) is 0 Å². The average Bonchev–Trinajstić information content (AvgIpc) is 2.01. The third kappa shape index (κ3) is 1.82. The first-order chi connectivity index (χ1) is 6.27. The van der Waals surface area contributed by atoms with Crippen LogP contribution < -0.4 is 0 Å². The molecule has 0 spiro atoms. The van der Waals surface area contributed by atoms with Crippen LogP contribution in [-0.2, 0) is 14.3 Å². The zero-order chi connectivity index (χ0) is 9.26. The van der Waals surface area contributed by atoms with E-state index in [1.165, 1.54) is 0 Å². The average molecular weight is 187 g/mol. The summed E-state index contributed by atoms with van der Waals surface area (Å²) in [7, 11) is 0. The highest BCUT2D eigenvalue weighted by Crippen LogP contribution is 2.14. The van der Waals surface area contributed by atoms with Gasteiger partial charge in [0.25, 0.3) is 0 Å². The van der Waals surface area contributed by atoms with Gasteiger partial charge in [0.1, 0.15) is 0 Å². The van der Waals surface area contributed by atoms with Crippen LogP contribution in [0.15, 0.2) is 0 Å². The maximum Gasteiger partial charge on any atom is 0.334 e. The molecule has 1 N–H and O–H groups in total. The van der Waals surface area contributed by atoms with E-state index in [9.17, 15) is 4.79 Å². The van der Waals surface area contributed by atoms with Gasteiger partial charge in [-0.3, -0.25) is 4.90 Å². The standard InChI is InChI=1S/C8H13NO4/c10-8(11)7-3-9(1-2-13-7)6-4-12-5-6/h6-7H,1-5H2,(H,10,11). The van der Waals surface area contributed by atoms with Crippen LogP contribution in [0.25, 0.3) is 0 Å². The summed E-state index contributed by atoms with van der Waals surface area (Å²) in [5, 5.41) is 8.75. The molecule has 0 radical (unpaired) electrons. The number of hydrogen-bond acceptors (Lipinski definition) is 4. The molecule has 0 aromatic heterocycles. The van der Waals surface area contributed by atoms with Gasteiger partial charge in [0.2, 0.25) is 0 Å². The first kappa shape index (κ1) is 8.93. The lowest BCUT2D eigenvalue weighted by molar-refractivity contribution is -0.163. The Morgan fingerprint density at radius 3 is 2.77 bits per heavy atom. The molecule has 0 aromatic rings. The monoisotopic (exact) mass is 187 g/mol. The van der Waals surface area contributed by atoms with E-state index in [4.69, 9.17) is 14.6 Å². The molecule has 2 heterocycles. The van der Waals surface area contributed by atoms with Crippen molar-refractivity contribution < 1.29 is 19.4 Å². The number of carboxylic acids is 1. The Labute approximate surface area is 76.2 Å². The second-order valence-corrected chi connectivity index (χ2v) is 3.38. The van der Waals surface area contributed by atoms with E-state index in [1.807, 2.05) is 0 Å². The Kier molecular flexibility index (Phi) is 2.48. The van der Waals surface area contributed by atoms with E-state index < -0.39 is 12.1 Å². The van der Waals surface area contributed by atoms with Crippen molar-refractivity contribution in [2.24, 2.45) is 0 Å². The molecule has 1 atom stereocenters. The van der Waals surface area contributed by atoms with Crippen LogP contribution in [0.3, 0.4) is 0 Å². The second-order valence-electron chi connectivity index (χ2n) is 3.38. The van der Waals surface area contributed by atoms with Crippen molar-refractivity contribution in [3.8, 4) is 0 Å². The molecule has 1 unspecified atom stereocenters. The predicted octanol–water partition coefficient (Wildman–Crippen LogP) is -0.829. The van der Waals surface area contributed by atoms with Crippen LogP contribution in [0, 0.1) is 0 Å². The molecule has 5 heteroatoms. The van der Waals surface area contributed by atoms with Crippen LogP contribution in [0.1, 0.15) is 0 Å². The van der Waals surface area contributed by atoms with Crippen LogP contribution >= 0.6 is 0 Å². The highest BCUT2D eigenvalue weighted by Gasteiger charge is 2.33. The number of carbonyl (C=O) groups is 1. The fourth-order valence-electron chi connectivity index (χ4n) is 1.58. The van der Waals surface area contributed by atoms with Crippen LogP contribution in [0.2, 0.25) is 0 Å². The number of ether oxygens (including phenoxy) is 2. The number of nitrogens with zero attached hydrogens (tertiary/aromatic N) is 1. The second kappa shape index (κ2) is 3.61. The van der Waals surface area contributed by atoms with Gasteiger partial charge in [-0.1, -0.05) is 0 Å². The molecule has 2 fully saturated rings. The highest BCUT2D eigenvalue weighted by atomic mass is 16.5. The number of morpholine rings is 1. The summed E-state index contributed by atoms with van der Waals surface area (Å²) in [6.07, 6.45) is -0.658. The van der Waals surface area contributed by atoms with E-state index in [0.29, 0.717) is 19.2 Å². The predicted molar refractivity (Wildman–Crippen MR) is 43.6 cm³/mol. The summed E-state index contributed by atoms with van der Waals surface area (Å²) in [5.74, 6) is -0.870. The van der Waals surface area contributed by atoms with Crippen molar-refractivity contribution >= 4 is 5.97 Å². The number of carboxylic acid groups (broad SMARTS) is 1. The molecule has 0 aromatic carbocycles. The quantitative estimate of drug-likeness (QED) is 0.611. The molecule has 5 nitrogen and oxygen atoms in total. The maximum atomic E-state index is 10.6. The number of aliphatic carboxylic acids is 1. The minimum atomic E-state index is -0.870.